The number of nitrogens with zero attached hydrogens (tertiary/aromatic N) is 1. The van der Waals surface area contributed by atoms with E-state index in [9.17, 15) is 9.59 Å². The maximum Gasteiger partial charge on any atom is 0.260 e. The molecule has 0 aromatic carbocycles. The molecule has 1 aliphatic heterocycles. The van der Waals surface area contributed by atoms with Crippen LogP contribution in [0.25, 0.3) is 0 Å². The Morgan fingerprint density at radius 1 is 1.65 bits per heavy atom. The lowest BCUT2D eigenvalue weighted by atomic mass is 10.2. The number of carbonyl (C=O) groups excluding carboxylic acids is 1. The Labute approximate surface area is 104 Å². The van der Waals surface area contributed by atoms with Gasteiger partial charge in [-0.15, -0.1) is 11.8 Å². The molecule has 4 nitrogen and oxygen atoms in total. The zero-order valence-electron chi connectivity index (χ0n) is 9.81. The van der Waals surface area contributed by atoms with E-state index in [2.05, 4.69) is 11.9 Å². The van der Waals surface area contributed by atoms with Crippen molar-refractivity contribution in [2.24, 2.45) is 0 Å². The van der Waals surface area contributed by atoms with Gasteiger partial charge < -0.3 is 9.88 Å². The molecular weight excluding hydrogens is 236 g/mol. The van der Waals surface area contributed by atoms with Gasteiger partial charge in [0.15, 0.2) is 0 Å². The molecule has 17 heavy (non-hydrogen) atoms. The minimum Gasteiger partial charge on any atom is -0.328 e. The summed E-state index contributed by atoms with van der Waals surface area (Å²) in [7, 11) is 0. The van der Waals surface area contributed by atoms with Crippen LogP contribution in [0.4, 0.5) is 0 Å². The number of pyridine rings is 1. The normalized spacial score (nSPS) is 19.6. The molecule has 1 atom stereocenters. The average molecular weight is 252 g/mol. The number of H-pyrrole nitrogens is 1. The van der Waals surface area contributed by atoms with E-state index < -0.39 is 0 Å². The lowest BCUT2D eigenvalue weighted by molar-refractivity contribution is 0.0754. The van der Waals surface area contributed by atoms with E-state index in [0.29, 0.717) is 0 Å². The second kappa shape index (κ2) is 5.40. The largest absolute Gasteiger partial charge is 0.328 e. The first-order valence-corrected chi connectivity index (χ1v) is 6.89. The molecule has 0 bridgehead atoms. The van der Waals surface area contributed by atoms with Gasteiger partial charge in [-0.2, -0.15) is 0 Å². The number of rotatable bonds is 3. The van der Waals surface area contributed by atoms with Crippen LogP contribution >= 0.6 is 11.8 Å². The third-order valence-electron chi connectivity index (χ3n) is 2.84. The van der Waals surface area contributed by atoms with Crippen LogP contribution in [0.15, 0.2) is 23.1 Å². The second-order valence-corrected chi connectivity index (χ2v) is 5.31. The number of hydrogen-bond donors (Lipinski definition) is 1. The molecule has 0 unspecified atom stereocenters. The fourth-order valence-corrected chi connectivity index (χ4v) is 3.34. The molecule has 1 aromatic rings. The molecule has 2 heterocycles. The summed E-state index contributed by atoms with van der Waals surface area (Å²) in [6.45, 7) is 2.85. The van der Waals surface area contributed by atoms with Crippen molar-refractivity contribution in [1.82, 2.24) is 9.88 Å². The van der Waals surface area contributed by atoms with Crippen molar-refractivity contribution in [2.45, 2.75) is 25.1 Å². The molecule has 0 aliphatic carbocycles. The number of hydrogen-bond acceptors (Lipinski definition) is 3. The van der Waals surface area contributed by atoms with E-state index >= 15 is 0 Å². The average Bonchev–Trinajstić information content (AvgIpc) is 2.78. The van der Waals surface area contributed by atoms with Crippen LogP contribution in [0.5, 0.6) is 0 Å². The highest BCUT2D eigenvalue weighted by molar-refractivity contribution is 8.00. The van der Waals surface area contributed by atoms with E-state index in [0.717, 1.165) is 25.1 Å². The first kappa shape index (κ1) is 12.2. The predicted molar refractivity (Wildman–Crippen MR) is 69.3 cm³/mol. The molecule has 0 spiro atoms. The molecular formula is C12H16N2O2S. The van der Waals surface area contributed by atoms with Crippen LogP contribution in [0.1, 0.15) is 30.1 Å². The Balaban J connectivity index is 2.20. The fraction of sp³-hybridized carbons (Fsp3) is 0.500. The first-order valence-electron chi connectivity index (χ1n) is 5.84. The molecule has 2 rings (SSSR count). The van der Waals surface area contributed by atoms with Crippen LogP contribution in [0.2, 0.25) is 0 Å². The summed E-state index contributed by atoms with van der Waals surface area (Å²) in [5.74, 6) is 0.816. The minimum absolute atomic E-state index is 0.143. The monoisotopic (exact) mass is 252 g/mol. The van der Waals surface area contributed by atoms with Gasteiger partial charge in [0.25, 0.3) is 11.5 Å². The van der Waals surface area contributed by atoms with Crippen molar-refractivity contribution >= 4 is 17.7 Å². The second-order valence-electron chi connectivity index (χ2n) is 4.03. The Morgan fingerprint density at radius 2 is 2.47 bits per heavy atom. The maximum absolute atomic E-state index is 12.2. The van der Waals surface area contributed by atoms with Gasteiger partial charge in [-0.25, -0.2) is 0 Å². The highest BCUT2D eigenvalue weighted by Gasteiger charge is 2.30. The van der Waals surface area contributed by atoms with Gasteiger partial charge in [-0.05, 0) is 18.6 Å². The molecule has 1 amide bonds. The third-order valence-corrected chi connectivity index (χ3v) is 4.13. The summed E-state index contributed by atoms with van der Waals surface area (Å²) in [5.41, 5.74) is -0.0549. The smallest absolute Gasteiger partial charge is 0.260 e. The van der Waals surface area contributed by atoms with E-state index in [1.165, 1.54) is 0 Å². The van der Waals surface area contributed by atoms with Crippen molar-refractivity contribution in [3.63, 3.8) is 0 Å². The fourth-order valence-electron chi connectivity index (χ4n) is 1.98. The number of thioether (sulfide) groups is 1. The highest BCUT2D eigenvalue weighted by Crippen LogP contribution is 2.28. The summed E-state index contributed by atoms with van der Waals surface area (Å²) < 4.78 is 0. The summed E-state index contributed by atoms with van der Waals surface area (Å²) >= 11 is 1.80. The van der Waals surface area contributed by atoms with E-state index in [1.54, 1.807) is 30.1 Å². The number of aromatic amines is 1. The lowest BCUT2D eigenvalue weighted by Gasteiger charge is -2.23. The van der Waals surface area contributed by atoms with Crippen molar-refractivity contribution in [2.75, 3.05) is 12.3 Å². The first-order chi connectivity index (χ1) is 8.24. The van der Waals surface area contributed by atoms with Gasteiger partial charge in [0, 0.05) is 18.5 Å². The van der Waals surface area contributed by atoms with Crippen LogP contribution in [0.3, 0.4) is 0 Å². The highest BCUT2D eigenvalue weighted by atomic mass is 32.2. The van der Waals surface area contributed by atoms with E-state index in [-0.39, 0.29) is 22.4 Å². The summed E-state index contributed by atoms with van der Waals surface area (Å²) in [4.78, 5) is 28.2. The topological polar surface area (TPSA) is 53.2 Å². The van der Waals surface area contributed by atoms with Crippen molar-refractivity contribution in [3.8, 4) is 0 Å². The molecule has 0 saturated carbocycles. The Bertz CT molecular complexity index is 458. The van der Waals surface area contributed by atoms with E-state index in [4.69, 9.17) is 0 Å². The summed E-state index contributed by atoms with van der Waals surface area (Å²) in [6, 6.07) is 3.28. The van der Waals surface area contributed by atoms with Gasteiger partial charge in [0.1, 0.15) is 5.56 Å². The quantitative estimate of drug-likeness (QED) is 0.890. The van der Waals surface area contributed by atoms with E-state index in [1.807, 2.05) is 4.90 Å². The van der Waals surface area contributed by atoms with Gasteiger partial charge in [-0.3, -0.25) is 9.59 Å². The van der Waals surface area contributed by atoms with Gasteiger partial charge in [0.2, 0.25) is 0 Å². The Kier molecular flexibility index (Phi) is 3.89. The number of nitrogens with one attached hydrogen (secondary N) is 1. The van der Waals surface area contributed by atoms with Gasteiger partial charge in [-0.1, -0.05) is 13.3 Å². The Morgan fingerprint density at radius 3 is 3.18 bits per heavy atom. The number of amides is 1. The van der Waals surface area contributed by atoms with Gasteiger partial charge >= 0.3 is 0 Å². The lowest BCUT2D eigenvalue weighted by Crippen LogP contribution is -2.37. The van der Waals surface area contributed by atoms with Crippen LogP contribution < -0.4 is 5.56 Å². The molecule has 1 aromatic heterocycles. The summed E-state index contributed by atoms with van der Waals surface area (Å²) in [6.07, 6.45) is 3.58. The standard InChI is InChI=1S/C12H16N2O2S/c1-2-4-10-14(7-8-17-10)12(16)9-5-3-6-13-11(9)15/h3,5-6,10H,2,4,7-8H2,1H3,(H,13,15)/t10-/m0/s1. The van der Waals surface area contributed by atoms with Crippen LogP contribution in [-0.4, -0.2) is 33.5 Å². The van der Waals surface area contributed by atoms with Gasteiger partial charge in [0.05, 0.1) is 5.37 Å². The SMILES string of the molecule is CCC[C@@H]1SCCN1C(=O)c1ccc[nH]c1=O. The number of carbonyl (C=O) groups is 1. The van der Waals surface area contributed by atoms with Crippen molar-refractivity contribution in [3.05, 3.63) is 34.2 Å². The summed E-state index contributed by atoms with van der Waals surface area (Å²) in [5, 5.41) is 0.229. The minimum atomic E-state index is -0.301. The molecule has 5 heteroatoms. The van der Waals surface area contributed by atoms with Crippen molar-refractivity contribution < 1.29 is 4.79 Å². The Hall–Kier alpha value is -1.23. The zero-order chi connectivity index (χ0) is 12.3. The van der Waals surface area contributed by atoms with Crippen LogP contribution in [0, 0.1) is 0 Å². The molecule has 0 radical (unpaired) electrons. The zero-order valence-corrected chi connectivity index (χ0v) is 10.6. The predicted octanol–water partition coefficient (Wildman–Crippen LogP) is 1.69. The van der Waals surface area contributed by atoms with Crippen molar-refractivity contribution in [1.29, 1.82) is 0 Å². The molecule has 1 saturated heterocycles. The number of aromatic nitrogens is 1. The molecule has 92 valence electrons. The third kappa shape index (κ3) is 2.54. The molecule has 1 aliphatic rings. The maximum atomic E-state index is 12.2. The molecule has 1 fully saturated rings. The molecule has 1 N–H and O–H groups in total. The van der Waals surface area contributed by atoms with Crippen LogP contribution in [-0.2, 0) is 0 Å².